The number of furan rings is 1. The zero-order valence-corrected chi connectivity index (χ0v) is 13.6. The Morgan fingerprint density at radius 3 is 2.17 bits per heavy atom. The van der Waals surface area contributed by atoms with E-state index in [2.05, 4.69) is 52.9 Å². The molecule has 0 atom stereocenters. The molecule has 0 bridgehead atoms. The Bertz CT molecular complexity index is 908. The van der Waals surface area contributed by atoms with Gasteiger partial charge in [0, 0.05) is 0 Å². The molecule has 0 unspecified atom stereocenters. The number of aryl methyl sites for hydroxylation is 2. The van der Waals surface area contributed by atoms with Crippen molar-refractivity contribution in [3.05, 3.63) is 84.3 Å². The Labute approximate surface area is 141 Å². The van der Waals surface area contributed by atoms with Crippen LogP contribution in [0, 0.1) is 0 Å². The zero-order valence-electron chi connectivity index (χ0n) is 13.6. The summed E-state index contributed by atoms with van der Waals surface area (Å²) in [6, 6.07) is 21.6. The summed E-state index contributed by atoms with van der Waals surface area (Å²) in [7, 11) is 0. The molecule has 3 aromatic carbocycles. The van der Waals surface area contributed by atoms with Gasteiger partial charge in [0.1, 0.15) is 0 Å². The first-order valence-electron chi connectivity index (χ1n) is 8.33. The Kier molecular flexibility index (Phi) is 4.95. The molecule has 4 aromatic rings. The highest BCUT2D eigenvalue weighted by Crippen LogP contribution is 2.33. The maximum atomic E-state index is 4.58. The molecule has 0 spiro atoms. The SMILES string of the molecule is F.c1ccc2c(c1)ccc1c3c(ccc12)CCCC3.c1ccoc1. The number of fused-ring (bicyclic) bond motifs is 5. The average Bonchev–Trinajstić information content (AvgIpc) is 3.21. The van der Waals surface area contributed by atoms with Crippen LogP contribution in [-0.4, -0.2) is 0 Å². The van der Waals surface area contributed by atoms with Crippen LogP contribution in [0.25, 0.3) is 21.5 Å². The first-order chi connectivity index (χ1) is 11.4. The second kappa shape index (κ2) is 7.31. The van der Waals surface area contributed by atoms with E-state index in [0.29, 0.717) is 0 Å². The van der Waals surface area contributed by atoms with Crippen LogP contribution in [-0.2, 0) is 12.8 Å². The van der Waals surface area contributed by atoms with Gasteiger partial charge >= 0.3 is 0 Å². The zero-order chi connectivity index (χ0) is 15.5. The summed E-state index contributed by atoms with van der Waals surface area (Å²) in [6.07, 6.45) is 8.47. The molecule has 2 heteroatoms. The van der Waals surface area contributed by atoms with Gasteiger partial charge in [-0.25, -0.2) is 0 Å². The smallest absolute Gasteiger partial charge is 0.0902 e. The second-order valence-corrected chi connectivity index (χ2v) is 6.09. The Balaban J connectivity index is 0.000000245. The van der Waals surface area contributed by atoms with E-state index in [9.17, 15) is 0 Å². The van der Waals surface area contributed by atoms with Gasteiger partial charge in [0.25, 0.3) is 0 Å². The third-order valence-corrected chi connectivity index (χ3v) is 4.68. The first-order valence-corrected chi connectivity index (χ1v) is 8.33. The van der Waals surface area contributed by atoms with Crippen molar-refractivity contribution in [3.63, 3.8) is 0 Å². The summed E-state index contributed by atoms with van der Waals surface area (Å²) in [5.74, 6) is 0. The van der Waals surface area contributed by atoms with Crippen molar-refractivity contribution in [1.82, 2.24) is 0 Å². The van der Waals surface area contributed by atoms with E-state index >= 15 is 0 Å². The van der Waals surface area contributed by atoms with Crippen molar-refractivity contribution in [2.24, 2.45) is 0 Å². The van der Waals surface area contributed by atoms with E-state index in [1.165, 1.54) is 47.2 Å². The molecule has 1 heterocycles. The highest BCUT2D eigenvalue weighted by molar-refractivity contribution is 6.08. The largest absolute Gasteiger partial charge is 0.473 e. The van der Waals surface area contributed by atoms with E-state index in [1.807, 2.05) is 12.1 Å². The highest BCUT2D eigenvalue weighted by Gasteiger charge is 2.13. The molecule has 5 rings (SSSR count). The second-order valence-electron chi connectivity index (χ2n) is 6.09. The van der Waals surface area contributed by atoms with E-state index < -0.39 is 0 Å². The van der Waals surface area contributed by atoms with Crippen molar-refractivity contribution in [3.8, 4) is 0 Å². The van der Waals surface area contributed by atoms with Crippen LogP contribution in [0.4, 0.5) is 4.70 Å². The topological polar surface area (TPSA) is 13.1 Å². The molecule has 1 nitrogen and oxygen atoms in total. The summed E-state index contributed by atoms with van der Waals surface area (Å²) in [4.78, 5) is 0. The van der Waals surface area contributed by atoms with Crippen molar-refractivity contribution < 1.29 is 9.12 Å². The Morgan fingerprint density at radius 1 is 0.625 bits per heavy atom. The molecule has 0 amide bonds. The molecule has 0 saturated heterocycles. The van der Waals surface area contributed by atoms with E-state index in [1.54, 1.807) is 23.7 Å². The molecule has 0 aliphatic heterocycles. The predicted molar refractivity (Wildman–Crippen MR) is 99.3 cm³/mol. The van der Waals surface area contributed by atoms with Crippen LogP contribution in [0.15, 0.2) is 77.6 Å². The van der Waals surface area contributed by atoms with Crippen LogP contribution in [0.2, 0.25) is 0 Å². The van der Waals surface area contributed by atoms with E-state index in [0.717, 1.165) is 0 Å². The van der Waals surface area contributed by atoms with E-state index in [4.69, 9.17) is 0 Å². The van der Waals surface area contributed by atoms with Crippen molar-refractivity contribution in [2.45, 2.75) is 25.7 Å². The van der Waals surface area contributed by atoms with Crippen molar-refractivity contribution in [1.29, 1.82) is 0 Å². The molecular formula is C22H21FO. The first kappa shape index (κ1) is 16.3. The molecular weight excluding hydrogens is 299 g/mol. The molecule has 1 aliphatic carbocycles. The maximum Gasteiger partial charge on any atom is 0.0902 e. The van der Waals surface area contributed by atoms with Gasteiger partial charge in [-0.1, -0.05) is 48.5 Å². The lowest BCUT2D eigenvalue weighted by atomic mass is 9.86. The van der Waals surface area contributed by atoms with Crippen LogP contribution >= 0.6 is 0 Å². The molecule has 0 fully saturated rings. The van der Waals surface area contributed by atoms with Crippen LogP contribution in [0.3, 0.4) is 0 Å². The number of hydrogen-bond acceptors (Lipinski definition) is 1. The normalized spacial score (nSPS) is 12.8. The fraction of sp³-hybridized carbons (Fsp3) is 0.182. The standard InChI is InChI=1S/C18H16.C4H4O.FH/c1-3-7-15-13(5-1)9-11-18-16-8-4-2-6-14(16)10-12-17(15)18;1-2-4-5-3-1;/h1,3,5,7,9-12H,2,4,6,8H2;1-4H;1H. The molecule has 24 heavy (non-hydrogen) atoms. The third-order valence-electron chi connectivity index (χ3n) is 4.68. The Morgan fingerprint density at radius 2 is 1.38 bits per heavy atom. The van der Waals surface area contributed by atoms with E-state index in [-0.39, 0.29) is 4.70 Å². The number of halogens is 1. The van der Waals surface area contributed by atoms with Gasteiger partial charge in [-0.2, -0.15) is 0 Å². The lowest BCUT2D eigenvalue weighted by Crippen LogP contribution is -2.02. The molecule has 0 saturated carbocycles. The minimum Gasteiger partial charge on any atom is -0.473 e. The maximum absolute atomic E-state index is 4.58. The van der Waals surface area contributed by atoms with Crippen LogP contribution in [0.1, 0.15) is 24.0 Å². The molecule has 0 N–H and O–H groups in total. The molecule has 0 radical (unpaired) electrons. The lowest BCUT2D eigenvalue weighted by Gasteiger charge is -2.18. The van der Waals surface area contributed by atoms with Gasteiger partial charge < -0.3 is 4.42 Å². The van der Waals surface area contributed by atoms with Gasteiger partial charge in [-0.15, -0.1) is 0 Å². The van der Waals surface area contributed by atoms with Gasteiger partial charge in [-0.3, -0.25) is 4.70 Å². The Hall–Kier alpha value is -2.61. The van der Waals surface area contributed by atoms with Crippen LogP contribution in [0.5, 0.6) is 0 Å². The molecule has 122 valence electrons. The third kappa shape index (κ3) is 3.05. The van der Waals surface area contributed by atoms with Crippen molar-refractivity contribution >= 4 is 21.5 Å². The van der Waals surface area contributed by atoms with Gasteiger partial charge in [-0.05, 0) is 70.5 Å². The van der Waals surface area contributed by atoms with Gasteiger partial charge in [0.05, 0.1) is 12.5 Å². The summed E-state index contributed by atoms with van der Waals surface area (Å²) in [5.41, 5.74) is 3.17. The molecule has 1 aromatic heterocycles. The minimum atomic E-state index is 0. The quantitative estimate of drug-likeness (QED) is 0.346. The van der Waals surface area contributed by atoms with Crippen molar-refractivity contribution in [2.75, 3.05) is 0 Å². The predicted octanol–water partition coefficient (Wildman–Crippen LogP) is 6.30. The highest BCUT2D eigenvalue weighted by atomic mass is 19.0. The summed E-state index contributed by atoms with van der Waals surface area (Å²) < 4.78 is 4.58. The van der Waals surface area contributed by atoms with Crippen LogP contribution < -0.4 is 0 Å². The average molecular weight is 320 g/mol. The fourth-order valence-electron chi connectivity index (χ4n) is 3.57. The lowest BCUT2D eigenvalue weighted by molar-refractivity contribution is 0.567. The summed E-state index contributed by atoms with van der Waals surface area (Å²) in [5, 5.41) is 5.64. The monoisotopic (exact) mass is 320 g/mol. The molecule has 1 aliphatic rings. The fourth-order valence-corrected chi connectivity index (χ4v) is 3.57. The summed E-state index contributed by atoms with van der Waals surface area (Å²) in [6.45, 7) is 0. The van der Waals surface area contributed by atoms with Gasteiger partial charge in [0.15, 0.2) is 0 Å². The number of hydrogen-bond donors (Lipinski definition) is 0. The van der Waals surface area contributed by atoms with Gasteiger partial charge in [0.2, 0.25) is 0 Å². The minimum absolute atomic E-state index is 0. The number of benzene rings is 3. The number of rotatable bonds is 0. The summed E-state index contributed by atoms with van der Waals surface area (Å²) >= 11 is 0.